The zero-order valence-corrected chi connectivity index (χ0v) is 18.0. The second-order valence-corrected chi connectivity index (χ2v) is 7.89. The van der Waals surface area contributed by atoms with E-state index in [1.165, 1.54) is 12.1 Å². The Hall–Kier alpha value is -2.13. The molecule has 0 spiro atoms. The number of hydrogen-bond acceptors (Lipinski definition) is 5. The summed E-state index contributed by atoms with van der Waals surface area (Å²) in [7, 11) is 0. The van der Waals surface area contributed by atoms with Crippen LogP contribution in [0.4, 0.5) is 11.4 Å². The van der Waals surface area contributed by atoms with E-state index in [1.807, 2.05) is 9.80 Å². The highest BCUT2D eigenvalue weighted by molar-refractivity contribution is 7.80. The van der Waals surface area contributed by atoms with Crippen LogP contribution in [-0.2, 0) is 0 Å². The number of carbonyl (C=O) groups is 1. The van der Waals surface area contributed by atoms with E-state index in [1.54, 1.807) is 24.3 Å². The number of hydrogen-bond donors (Lipinski definition) is 1. The fraction of sp³-hybridized carbons (Fsp3) is 0.222. The molecule has 1 aliphatic heterocycles. The van der Waals surface area contributed by atoms with Gasteiger partial charge in [-0.1, -0.05) is 34.8 Å². The van der Waals surface area contributed by atoms with E-state index in [9.17, 15) is 14.9 Å². The SMILES string of the molecule is O=C(NC(=S)N1CCN(c2ccc(Cl)cc2[N+](=O)[O-])CC1)c1ccc(Cl)c(Cl)c1. The van der Waals surface area contributed by atoms with Gasteiger partial charge in [-0.15, -0.1) is 0 Å². The third kappa shape index (κ3) is 5.08. The number of anilines is 1. The number of benzene rings is 2. The quantitative estimate of drug-likeness (QED) is 0.405. The van der Waals surface area contributed by atoms with Crippen LogP contribution >= 0.6 is 47.0 Å². The zero-order chi connectivity index (χ0) is 21.1. The third-order valence-electron chi connectivity index (χ3n) is 4.44. The third-order valence-corrected chi connectivity index (χ3v) is 5.78. The molecule has 0 aliphatic carbocycles. The minimum atomic E-state index is -0.449. The van der Waals surface area contributed by atoms with Crippen molar-refractivity contribution in [3.63, 3.8) is 0 Å². The van der Waals surface area contributed by atoms with Crippen LogP contribution in [0, 0.1) is 10.1 Å². The number of carbonyl (C=O) groups excluding carboxylic acids is 1. The molecule has 0 aromatic heterocycles. The summed E-state index contributed by atoms with van der Waals surface area (Å²) in [5.74, 6) is -0.385. The highest BCUT2D eigenvalue weighted by Crippen LogP contribution is 2.31. The van der Waals surface area contributed by atoms with Crippen molar-refractivity contribution >= 4 is 69.4 Å². The topological polar surface area (TPSA) is 78.7 Å². The van der Waals surface area contributed by atoms with Gasteiger partial charge in [0.15, 0.2) is 5.11 Å². The monoisotopic (exact) mass is 472 g/mol. The normalized spacial score (nSPS) is 13.9. The standard InChI is InChI=1S/C18H15Cl3N4O3S/c19-12-2-4-15(16(10-12)25(27)28)23-5-7-24(8-6-23)18(29)22-17(26)11-1-3-13(20)14(21)9-11/h1-4,9-10H,5-8H2,(H,22,26,29). The number of rotatable bonds is 3. The van der Waals surface area contributed by atoms with Crippen molar-refractivity contribution < 1.29 is 9.72 Å². The zero-order valence-electron chi connectivity index (χ0n) is 14.9. The van der Waals surface area contributed by atoms with E-state index in [-0.39, 0.29) is 21.7 Å². The Morgan fingerprint density at radius 1 is 1.03 bits per heavy atom. The molecule has 1 fully saturated rings. The first-order valence-corrected chi connectivity index (χ1v) is 10.0. The molecule has 29 heavy (non-hydrogen) atoms. The molecular formula is C18H15Cl3N4O3S. The molecular weight excluding hydrogens is 459 g/mol. The second kappa shape index (κ2) is 9.13. The fourth-order valence-corrected chi connectivity index (χ4v) is 3.69. The summed E-state index contributed by atoms with van der Waals surface area (Å²) in [5.41, 5.74) is 0.809. The van der Waals surface area contributed by atoms with Gasteiger partial charge >= 0.3 is 0 Å². The van der Waals surface area contributed by atoms with Crippen LogP contribution in [0.1, 0.15) is 10.4 Å². The van der Waals surface area contributed by atoms with Crippen molar-refractivity contribution in [2.75, 3.05) is 31.1 Å². The molecule has 7 nitrogen and oxygen atoms in total. The van der Waals surface area contributed by atoms with Gasteiger partial charge in [-0.05, 0) is 42.5 Å². The summed E-state index contributed by atoms with van der Waals surface area (Å²) >= 11 is 23.0. The lowest BCUT2D eigenvalue weighted by Crippen LogP contribution is -2.52. The van der Waals surface area contributed by atoms with Gasteiger partial charge in [0.2, 0.25) is 0 Å². The molecule has 3 rings (SSSR count). The van der Waals surface area contributed by atoms with Crippen LogP contribution in [-0.4, -0.2) is 47.0 Å². The maximum Gasteiger partial charge on any atom is 0.294 e. The Balaban J connectivity index is 1.62. The van der Waals surface area contributed by atoms with Crippen molar-refractivity contribution in [3.8, 4) is 0 Å². The van der Waals surface area contributed by atoms with Crippen molar-refractivity contribution in [3.05, 3.63) is 67.1 Å². The summed E-state index contributed by atoms with van der Waals surface area (Å²) in [6.45, 7) is 2.01. The molecule has 0 radical (unpaired) electrons. The van der Waals surface area contributed by atoms with Crippen LogP contribution in [0.5, 0.6) is 0 Å². The van der Waals surface area contributed by atoms with Gasteiger partial charge in [0.1, 0.15) is 5.69 Å². The number of nitro benzene ring substituents is 1. The Morgan fingerprint density at radius 3 is 2.34 bits per heavy atom. The van der Waals surface area contributed by atoms with E-state index in [2.05, 4.69) is 5.32 Å². The second-order valence-electron chi connectivity index (χ2n) is 6.25. The number of thiocarbonyl (C=S) groups is 1. The molecule has 11 heteroatoms. The van der Waals surface area contributed by atoms with Gasteiger partial charge < -0.3 is 9.80 Å². The number of nitro groups is 1. The Kier molecular flexibility index (Phi) is 6.79. The maximum atomic E-state index is 12.4. The fourth-order valence-electron chi connectivity index (χ4n) is 2.95. The predicted octanol–water partition coefficient (Wildman–Crippen LogP) is 4.39. The smallest absolute Gasteiger partial charge is 0.294 e. The summed E-state index contributed by atoms with van der Waals surface area (Å²) in [5, 5.41) is 15.2. The molecule has 0 saturated carbocycles. The largest absolute Gasteiger partial charge is 0.362 e. The number of nitrogens with zero attached hydrogens (tertiary/aromatic N) is 3. The highest BCUT2D eigenvalue weighted by Gasteiger charge is 2.25. The molecule has 1 saturated heterocycles. The van der Waals surface area contributed by atoms with E-state index < -0.39 is 4.92 Å². The first kappa shape index (κ1) is 21.6. The number of amides is 1. The highest BCUT2D eigenvalue weighted by atomic mass is 35.5. The summed E-state index contributed by atoms with van der Waals surface area (Å²) in [6.07, 6.45) is 0. The van der Waals surface area contributed by atoms with Gasteiger partial charge in [0.25, 0.3) is 11.6 Å². The van der Waals surface area contributed by atoms with Gasteiger partial charge in [-0.3, -0.25) is 20.2 Å². The van der Waals surface area contributed by atoms with E-state index >= 15 is 0 Å². The average molecular weight is 474 g/mol. The van der Waals surface area contributed by atoms with Gasteiger partial charge in [0, 0.05) is 42.8 Å². The molecule has 1 heterocycles. The summed E-state index contributed by atoms with van der Waals surface area (Å²) in [6, 6.07) is 9.17. The Labute approximate surface area is 187 Å². The molecule has 2 aromatic carbocycles. The molecule has 2 aromatic rings. The molecule has 152 valence electrons. The lowest BCUT2D eigenvalue weighted by atomic mass is 10.2. The van der Waals surface area contributed by atoms with E-state index in [0.717, 1.165) is 0 Å². The van der Waals surface area contributed by atoms with Crippen molar-refractivity contribution in [2.24, 2.45) is 0 Å². The van der Waals surface area contributed by atoms with Crippen LogP contribution in [0.15, 0.2) is 36.4 Å². The Morgan fingerprint density at radius 2 is 1.72 bits per heavy atom. The predicted molar refractivity (Wildman–Crippen MR) is 118 cm³/mol. The maximum absolute atomic E-state index is 12.4. The van der Waals surface area contributed by atoms with Crippen LogP contribution in [0.25, 0.3) is 0 Å². The lowest BCUT2D eigenvalue weighted by Gasteiger charge is -2.37. The van der Waals surface area contributed by atoms with Gasteiger partial charge in [-0.2, -0.15) is 0 Å². The molecule has 1 N–H and O–H groups in total. The van der Waals surface area contributed by atoms with E-state index in [0.29, 0.717) is 47.5 Å². The molecule has 1 aliphatic rings. The summed E-state index contributed by atoms with van der Waals surface area (Å²) in [4.78, 5) is 27.0. The minimum Gasteiger partial charge on any atom is -0.362 e. The number of piperazine rings is 1. The lowest BCUT2D eigenvalue weighted by molar-refractivity contribution is -0.384. The van der Waals surface area contributed by atoms with Crippen LogP contribution < -0.4 is 10.2 Å². The Bertz CT molecular complexity index is 981. The van der Waals surface area contributed by atoms with Gasteiger partial charge in [-0.25, -0.2) is 0 Å². The van der Waals surface area contributed by atoms with E-state index in [4.69, 9.17) is 47.0 Å². The molecule has 1 amide bonds. The molecule has 0 atom stereocenters. The molecule has 0 unspecified atom stereocenters. The number of nitrogens with one attached hydrogen (secondary N) is 1. The minimum absolute atomic E-state index is 0.0403. The first-order valence-electron chi connectivity index (χ1n) is 8.50. The van der Waals surface area contributed by atoms with Crippen LogP contribution in [0.2, 0.25) is 15.1 Å². The average Bonchev–Trinajstić information content (AvgIpc) is 2.70. The van der Waals surface area contributed by atoms with Crippen molar-refractivity contribution in [1.82, 2.24) is 10.2 Å². The van der Waals surface area contributed by atoms with Crippen LogP contribution in [0.3, 0.4) is 0 Å². The van der Waals surface area contributed by atoms with Crippen molar-refractivity contribution in [2.45, 2.75) is 0 Å². The van der Waals surface area contributed by atoms with Crippen molar-refractivity contribution in [1.29, 1.82) is 0 Å². The molecule has 0 bridgehead atoms. The summed E-state index contributed by atoms with van der Waals surface area (Å²) < 4.78 is 0. The van der Waals surface area contributed by atoms with Gasteiger partial charge in [0.05, 0.1) is 15.0 Å². The first-order chi connectivity index (χ1) is 13.8. The number of halogens is 3.